The van der Waals surface area contributed by atoms with E-state index in [1.54, 1.807) is 0 Å². The number of amides is 1. The van der Waals surface area contributed by atoms with Gasteiger partial charge in [-0.05, 0) is 46.5 Å². The summed E-state index contributed by atoms with van der Waals surface area (Å²) in [4.78, 5) is 11.7. The number of hydrogen-bond donors (Lipinski definition) is 3. The van der Waals surface area contributed by atoms with Crippen LogP contribution in [0.3, 0.4) is 0 Å². The second-order valence-corrected chi connectivity index (χ2v) is 8.03. The Labute approximate surface area is 134 Å². The summed E-state index contributed by atoms with van der Waals surface area (Å²) in [6.45, 7) is 6.28. The van der Waals surface area contributed by atoms with Crippen LogP contribution in [-0.4, -0.2) is 41.0 Å². The van der Waals surface area contributed by atoms with Gasteiger partial charge in [-0.2, -0.15) is 0 Å². The lowest BCUT2D eigenvalue weighted by Gasteiger charge is -2.39. The highest BCUT2D eigenvalue weighted by atomic mass is 16.6. The van der Waals surface area contributed by atoms with E-state index < -0.39 is 11.2 Å². The van der Waals surface area contributed by atoms with Crippen molar-refractivity contribution in [3.05, 3.63) is 0 Å². The van der Waals surface area contributed by atoms with E-state index in [4.69, 9.17) is 4.74 Å². The van der Waals surface area contributed by atoms with E-state index in [1.165, 1.54) is 12.8 Å². The minimum absolute atomic E-state index is 0.191. The highest BCUT2D eigenvalue weighted by Crippen LogP contribution is 2.28. The van der Waals surface area contributed by atoms with Gasteiger partial charge in [0.25, 0.3) is 0 Å². The Balaban J connectivity index is 1.62. The second-order valence-electron chi connectivity index (χ2n) is 8.03. The number of rotatable bonds is 4. The fourth-order valence-electron chi connectivity index (χ4n) is 3.27. The Bertz CT molecular complexity index is 365. The molecule has 0 aromatic heterocycles. The molecule has 128 valence electrons. The fourth-order valence-corrected chi connectivity index (χ4v) is 3.27. The monoisotopic (exact) mass is 312 g/mol. The van der Waals surface area contributed by atoms with Gasteiger partial charge in [-0.3, -0.25) is 0 Å². The summed E-state index contributed by atoms with van der Waals surface area (Å²) in [6.07, 6.45) is 8.06. The van der Waals surface area contributed by atoms with Crippen molar-refractivity contribution in [1.29, 1.82) is 0 Å². The summed E-state index contributed by atoms with van der Waals surface area (Å²) in [5.41, 5.74) is -0.978. The van der Waals surface area contributed by atoms with Crippen LogP contribution in [0, 0.1) is 0 Å². The van der Waals surface area contributed by atoms with Crippen molar-refractivity contribution in [3.63, 3.8) is 0 Å². The third kappa shape index (κ3) is 5.76. The fraction of sp³-hybridized carbons (Fsp3) is 0.941. The van der Waals surface area contributed by atoms with Crippen molar-refractivity contribution >= 4 is 6.09 Å². The zero-order chi connectivity index (χ0) is 16.2. The number of nitrogens with one attached hydrogen (secondary N) is 2. The standard InChI is InChI=1S/C17H32N2O3/c1-16(2,3)22-15(20)19-14-10-13(11-14)18-12-17(21)8-6-4-5-7-9-17/h13-14,18,21H,4-12H2,1-3H3,(H,19,20). The molecule has 1 amide bonds. The molecular weight excluding hydrogens is 280 g/mol. The molecule has 2 saturated carbocycles. The van der Waals surface area contributed by atoms with Gasteiger partial charge < -0.3 is 20.5 Å². The molecule has 22 heavy (non-hydrogen) atoms. The lowest BCUT2D eigenvalue weighted by Crippen LogP contribution is -2.55. The molecule has 0 aliphatic heterocycles. The number of carbonyl (C=O) groups excluding carboxylic acids is 1. The summed E-state index contributed by atoms with van der Waals surface area (Å²) in [6, 6.07) is 0.586. The smallest absolute Gasteiger partial charge is 0.407 e. The van der Waals surface area contributed by atoms with E-state index >= 15 is 0 Å². The van der Waals surface area contributed by atoms with Gasteiger partial charge in [0, 0.05) is 18.6 Å². The summed E-state index contributed by atoms with van der Waals surface area (Å²) >= 11 is 0. The Kier molecular flexibility index (Phi) is 5.72. The molecule has 0 radical (unpaired) electrons. The molecule has 0 saturated heterocycles. The van der Waals surface area contributed by atoms with Crippen LogP contribution in [0.25, 0.3) is 0 Å². The van der Waals surface area contributed by atoms with Crippen LogP contribution in [-0.2, 0) is 4.74 Å². The summed E-state index contributed by atoms with van der Waals surface area (Å²) in [7, 11) is 0. The normalized spacial score (nSPS) is 28.4. The molecular formula is C17H32N2O3. The zero-order valence-corrected chi connectivity index (χ0v) is 14.3. The van der Waals surface area contributed by atoms with E-state index in [-0.39, 0.29) is 12.1 Å². The van der Waals surface area contributed by atoms with E-state index in [0.29, 0.717) is 12.6 Å². The Morgan fingerprint density at radius 2 is 1.73 bits per heavy atom. The minimum atomic E-state index is -0.528. The maximum absolute atomic E-state index is 11.7. The van der Waals surface area contributed by atoms with Crippen LogP contribution in [0.15, 0.2) is 0 Å². The molecule has 5 heteroatoms. The van der Waals surface area contributed by atoms with Crippen LogP contribution in [0.4, 0.5) is 4.79 Å². The lowest BCUT2D eigenvalue weighted by atomic mass is 9.85. The first-order valence-corrected chi connectivity index (χ1v) is 8.71. The lowest BCUT2D eigenvalue weighted by molar-refractivity contribution is 0.0171. The average molecular weight is 312 g/mol. The zero-order valence-electron chi connectivity index (χ0n) is 14.3. The molecule has 0 atom stereocenters. The third-order valence-corrected chi connectivity index (χ3v) is 4.61. The maximum Gasteiger partial charge on any atom is 0.407 e. The van der Waals surface area contributed by atoms with Crippen molar-refractivity contribution in [3.8, 4) is 0 Å². The molecule has 0 bridgehead atoms. The number of carbonyl (C=O) groups is 1. The average Bonchev–Trinajstić information content (AvgIpc) is 2.55. The number of hydrogen-bond acceptors (Lipinski definition) is 4. The van der Waals surface area contributed by atoms with Crippen molar-refractivity contribution < 1.29 is 14.6 Å². The van der Waals surface area contributed by atoms with Gasteiger partial charge >= 0.3 is 6.09 Å². The number of aliphatic hydroxyl groups is 1. The van der Waals surface area contributed by atoms with Crippen LogP contribution in [0.5, 0.6) is 0 Å². The van der Waals surface area contributed by atoms with Gasteiger partial charge in [-0.25, -0.2) is 4.79 Å². The van der Waals surface area contributed by atoms with Crippen molar-refractivity contribution in [2.45, 2.75) is 95.4 Å². The molecule has 2 fully saturated rings. The topological polar surface area (TPSA) is 70.6 Å². The predicted octanol–water partition coefficient (Wildman–Crippen LogP) is 2.72. The van der Waals surface area contributed by atoms with E-state index in [1.807, 2.05) is 20.8 Å². The molecule has 0 spiro atoms. The summed E-state index contributed by atoms with van der Waals surface area (Å²) < 4.78 is 5.25. The first kappa shape index (κ1) is 17.5. The molecule has 0 aromatic rings. The van der Waals surface area contributed by atoms with Crippen LogP contribution in [0.2, 0.25) is 0 Å². The molecule has 5 nitrogen and oxygen atoms in total. The maximum atomic E-state index is 11.7. The number of alkyl carbamates (subject to hydrolysis) is 1. The largest absolute Gasteiger partial charge is 0.444 e. The molecule has 0 unspecified atom stereocenters. The Hall–Kier alpha value is -0.810. The number of ether oxygens (including phenoxy) is 1. The molecule has 0 heterocycles. The van der Waals surface area contributed by atoms with Gasteiger partial charge in [-0.1, -0.05) is 25.7 Å². The predicted molar refractivity (Wildman–Crippen MR) is 86.8 cm³/mol. The molecule has 3 N–H and O–H groups in total. The summed E-state index contributed by atoms with van der Waals surface area (Å²) in [5, 5.41) is 17.0. The molecule has 2 aliphatic rings. The highest BCUT2D eigenvalue weighted by Gasteiger charge is 2.34. The van der Waals surface area contributed by atoms with Gasteiger partial charge in [-0.15, -0.1) is 0 Å². The highest BCUT2D eigenvalue weighted by molar-refractivity contribution is 5.68. The molecule has 0 aromatic carbocycles. The first-order valence-electron chi connectivity index (χ1n) is 8.71. The van der Waals surface area contributed by atoms with Crippen LogP contribution >= 0.6 is 0 Å². The Morgan fingerprint density at radius 3 is 2.27 bits per heavy atom. The summed E-state index contributed by atoms with van der Waals surface area (Å²) in [5.74, 6) is 0. The van der Waals surface area contributed by atoms with Crippen molar-refractivity contribution in [1.82, 2.24) is 10.6 Å². The van der Waals surface area contributed by atoms with E-state index in [9.17, 15) is 9.90 Å². The molecule has 2 rings (SSSR count). The van der Waals surface area contributed by atoms with Crippen molar-refractivity contribution in [2.24, 2.45) is 0 Å². The second kappa shape index (κ2) is 7.18. The molecule has 2 aliphatic carbocycles. The van der Waals surface area contributed by atoms with Crippen LogP contribution < -0.4 is 10.6 Å². The van der Waals surface area contributed by atoms with E-state index in [0.717, 1.165) is 38.5 Å². The van der Waals surface area contributed by atoms with Crippen LogP contribution in [0.1, 0.15) is 72.1 Å². The SMILES string of the molecule is CC(C)(C)OC(=O)NC1CC(NCC2(O)CCCCCC2)C1. The van der Waals surface area contributed by atoms with Crippen molar-refractivity contribution in [2.75, 3.05) is 6.54 Å². The quantitative estimate of drug-likeness (QED) is 0.698. The van der Waals surface area contributed by atoms with E-state index in [2.05, 4.69) is 10.6 Å². The third-order valence-electron chi connectivity index (χ3n) is 4.61. The van der Waals surface area contributed by atoms with Gasteiger partial charge in [0.05, 0.1) is 5.60 Å². The van der Waals surface area contributed by atoms with Gasteiger partial charge in [0.15, 0.2) is 0 Å². The van der Waals surface area contributed by atoms with Gasteiger partial charge in [0.1, 0.15) is 5.60 Å². The van der Waals surface area contributed by atoms with Gasteiger partial charge in [0.2, 0.25) is 0 Å². The Morgan fingerprint density at radius 1 is 1.14 bits per heavy atom. The minimum Gasteiger partial charge on any atom is -0.444 e. The first-order chi connectivity index (χ1) is 10.3.